The van der Waals surface area contributed by atoms with Crippen LogP contribution in [0, 0.1) is 12.3 Å². The molecule has 2 rings (SSSR count). The number of phenols is 1. The maximum Gasteiger partial charge on any atom is 0.179 e. The third kappa shape index (κ3) is 5.22. The van der Waals surface area contributed by atoms with Gasteiger partial charge in [0.15, 0.2) is 6.17 Å². The van der Waals surface area contributed by atoms with E-state index < -0.39 is 6.17 Å². The highest BCUT2D eigenvalue weighted by Gasteiger charge is 2.03. The van der Waals surface area contributed by atoms with E-state index in [1.165, 1.54) is 6.08 Å². The van der Waals surface area contributed by atoms with Crippen molar-refractivity contribution in [2.24, 2.45) is 0 Å². The van der Waals surface area contributed by atoms with Crippen LogP contribution < -0.4 is 5.32 Å². The number of nitrogens with one attached hydrogen (secondary N) is 1. The van der Waals surface area contributed by atoms with Gasteiger partial charge in [-0.1, -0.05) is 25.0 Å². The number of phenolic OH excluding ortho intramolecular Hbond substituents is 1. The summed E-state index contributed by atoms with van der Waals surface area (Å²) >= 11 is 0. The highest BCUT2D eigenvalue weighted by atomic mass is 19.1. The van der Waals surface area contributed by atoms with Crippen molar-refractivity contribution in [1.29, 1.82) is 0 Å². The van der Waals surface area contributed by atoms with Crippen molar-refractivity contribution in [1.82, 2.24) is 4.98 Å². The van der Waals surface area contributed by atoms with Crippen LogP contribution in [0.1, 0.15) is 20.3 Å². The summed E-state index contributed by atoms with van der Waals surface area (Å²) in [6.45, 7) is 3.85. The molecule has 2 aromatic rings. The SMILES string of the molecule is C#CC(F)/C=C(CC)/C(C)=C/Nc1ccc(-c2cccc(O)c2)cn1. The topological polar surface area (TPSA) is 45.1 Å². The first-order valence-corrected chi connectivity index (χ1v) is 8.03. The second kappa shape index (κ2) is 8.70. The van der Waals surface area contributed by atoms with Gasteiger partial charge in [0.2, 0.25) is 0 Å². The van der Waals surface area contributed by atoms with E-state index in [4.69, 9.17) is 6.42 Å². The Balaban J connectivity index is 2.11. The number of hydrogen-bond acceptors (Lipinski definition) is 3. The summed E-state index contributed by atoms with van der Waals surface area (Å²) in [6, 6.07) is 10.8. The summed E-state index contributed by atoms with van der Waals surface area (Å²) in [6.07, 6.45) is 9.36. The average molecular weight is 336 g/mol. The van der Waals surface area contributed by atoms with Crippen LogP contribution in [0.25, 0.3) is 11.1 Å². The molecule has 0 saturated heterocycles. The molecule has 0 aliphatic heterocycles. The van der Waals surface area contributed by atoms with Gasteiger partial charge in [-0.2, -0.15) is 0 Å². The largest absolute Gasteiger partial charge is 0.508 e. The lowest BCUT2D eigenvalue weighted by Gasteiger charge is -2.08. The van der Waals surface area contributed by atoms with Crippen molar-refractivity contribution < 1.29 is 9.50 Å². The first kappa shape index (κ1) is 18.3. The number of aromatic nitrogens is 1. The summed E-state index contributed by atoms with van der Waals surface area (Å²) < 4.78 is 13.3. The molecule has 0 aliphatic carbocycles. The van der Waals surface area contributed by atoms with Gasteiger partial charge in [-0.15, -0.1) is 6.42 Å². The Hall–Kier alpha value is -3.06. The Morgan fingerprint density at radius 3 is 2.76 bits per heavy atom. The van der Waals surface area contributed by atoms with Gasteiger partial charge in [0, 0.05) is 18.0 Å². The fraction of sp³-hybridized carbons (Fsp3) is 0.190. The van der Waals surface area contributed by atoms with Gasteiger partial charge in [-0.05, 0) is 60.4 Å². The van der Waals surface area contributed by atoms with Gasteiger partial charge in [-0.3, -0.25) is 0 Å². The Kier molecular flexibility index (Phi) is 6.36. The molecule has 0 radical (unpaired) electrons. The van der Waals surface area contributed by atoms with Crippen LogP contribution in [0.2, 0.25) is 0 Å². The number of anilines is 1. The molecular formula is C21H21FN2O. The number of aromatic hydroxyl groups is 1. The summed E-state index contributed by atoms with van der Waals surface area (Å²) in [5.74, 6) is 2.95. The minimum atomic E-state index is -1.38. The van der Waals surface area contributed by atoms with Gasteiger partial charge in [0.25, 0.3) is 0 Å². The first-order chi connectivity index (χ1) is 12.0. The van der Waals surface area contributed by atoms with Crippen molar-refractivity contribution >= 4 is 5.82 Å². The molecular weight excluding hydrogens is 315 g/mol. The number of nitrogens with zero attached hydrogens (tertiary/aromatic N) is 1. The van der Waals surface area contributed by atoms with E-state index in [0.29, 0.717) is 12.2 Å². The second-order valence-electron chi connectivity index (χ2n) is 5.57. The Morgan fingerprint density at radius 2 is 2.16 bits per heavy atom. The Labute approximate surface area is 147 Å². The molecule has 1 atom stereocenters. The van der Waals surface area contributed by atoms with E-state index in [1.54, 1.807) is 30.6 Å². The van der Waals surface area contributed by atoms with Crippen LogP contribution in [0.15, 0.2) is 66.0 Å². The van der Waals surface area contributed by atoms with Crippen LogP contribution in [0.4, 0.5) is 10.2 Å². The second-order valence-corrected chi connectivity index (χ2v) is 5.57. The maximum absolute atomic E-state index is 13.3. The number of allylic oxidation sites excluding steroid dienone is 3. The molecule has 0 saturated carbocycles. The Bertz CT molecular complexity index is 817. The van der Waals surface area contributed by atoms with Crippen LogP contribution >= 0.6 is 0 Å². The Morgan fingerprint density at radius 1 is 1.36 bits per heavy atom. The lowest BCUT2D eigenvalue weighted by atomic mass is 10.0. The molecule has 3 nitrogen and oxygen atoms in total. The van der Waals surface area contributed by atoms with Gasteiger partial charge < -0.3 is 10.4 Å². The van der Waals surface area contributed by atoms with Crippen molar-refractivity contribution in [2.75, 3.05) is 5.32 Å². The third-order valence-corrected chi connectivity index (χ3v) is 3.77. The molecule has 0 amide bonds. The highest BCUT2D eigenvalue weighted by Crippen LogP contribution is 2.23. The summed E-state index contributed by atoms with van der Waals surface area (Å²) in [5, 5.41) is 12.6. The summed E-state index contributed by atoms with van der Waals surface area (Å²) in [4.78, 5) is 4.36. The summed E-state index contributed by atoms with van der Waals surface area (Å²) in [5.41, 5.74) is 3.56. The summed E-state index contributed by atoms with van der Waals surface area (Å²) in [7, 11) is 0. The van der Waals surface area contributed by atoms with E-state index in [9.17, 15) is 9.50 Å². The predicted molar refractivity (Wildman–Crippen MR) is 101 cm³/mol. The molecule has 0 fully saturated rings. The fourth-order valence-corrected chi connectivity index (χ4v) is 2.36. The van der Waals surface area contributed by atoms with E-state index in [1.807, 2.05) is 32.0 Å². The van der Waals surface area contributed by atoms with Crippen LogP contribution in [0.3, 0.4) is 0 Å². The molecule has 1 heterocycles. The molecule has 1 aromatic heterocycles. The van der Waals surface area contributed by atoms with Crippen LogP contribution in [-0.4, -0.2) is 16.3 Å². The maximum atomic E-state index is 13.3. The predicted octanol–water partition coefficient (Wildman–Crippen LogP) is 5.08. The van der Waals surface area contributed by atoms with E-state index in [2.05, 4.69) is 16.2 Å². The van der Waals surface area contributed by atoms with Crippen molar-refractivity contribution in [3.8, 4) is 29.2 Å². The molecule has 128 valence electrons. The zero-order chi connectivity index (χ0) is 18.2. The van der Waals surface area contributed by atoms with E-state index in [0.717, 1.165) is 22.3 Å². The zero-order valence-electron chi connectivity index (χ0n) is 14.3. The van der Waals surface area contributed by atoms with Gasteiger partial charge in [0.1, 0.15) is 11.6 Å². The standard InChI is InChI=1S/C21H21FN2O/c1-4-16(11-19(22)5-2)15(3)13-23-21-10-9-18(14-24-21)17-7-6-8-20(25)12-17/h2,6-14,19,25H,4H2,1,3H3,(H,23,24)/b15-13+,16-11+. The number of benzene rings is 1. The van der Waals surface area contributed by atoms with Gasteiger partial charge >= 0.3 is 0 Å². The van der Waals surface area contributed by atoms with Crippen LogP contribution in [0.5, 0.6) is 5.75 Å². The quantitative estimate of drug-likeness (QED) is 0.571. The van der Waals surface area contributed by atoms with Gasteiger partial charge in [0.05, 0.1) is 0 Å². The minimum absolute atomic E-state index is 0.218. The number of hydrogen-bond donors (Lipinski definition) is 2. The number of alkyl halides is 1. The molecule has 0 aliphatic rings. The normalized spacial score (nSPS) is 13.2. The molecule has 4 heteroatoms. The lowest BCUT2D eigenvalue weighted by molar-refractivity contribution is 0.475. The molecule has 0 spiro atoms. The van der Waals surface area contributed by atoms with E-state index >= 15 is 0 Å². The molecule has 1 aromatic carbocycles. The number of terminal acetylenes is 1. The average Bonchev–Trinajstić information content (AvgIpc) is 2.64. The first-order valence-electron chi connectivity index (χ1n) is 8.03. The minimum Gasteiger partial charge on any atom is -0.508 e. The third-order valence-electron chi connectivity index (χ3n) is 3.77. The molecule has 25 heavy (non-hydrogen) atoms. The monoisotopic (exact) mass is 336 g/mol. The number of rotatable bonds is 6. The number of halogens is 1. The molecule has 1 unspecified atom stereocenters. The van der Waals surface area contributed by atoms with Crippen molar-refractivity contribution in [2.45, 2.75) is 26.4 Å². The highest BCUT2D eigenvalue weighted by molar-refractivity contribution is 5.65. The zero-order valence-corrected chi connectivity index (χ0v) is 14.3. The van der Waals surface area contributed by atoms with Crippen molar-refractivity contribution in [3.05, 3.63) is 66.0 Å². The molecule has 0 bridgehead atoms. The lowest BCUT2D eigenvalue weighted by Crippen LogP contribution is -1.97. The number of pyridine rings is 1. The van der Waals surface area contributed by atoms with Crippen LogP contribution in [-0.2, 0) is 0 Å². The fourth-order valence-electron chi connectivity index (χ4n) is 2.36. The van der Waals surface area contributed by atoms with Crippen molar-refractivity contribution in [3.63, 3.8) is 0 Å². The van der Waals surface area contributed by atoms with E-state index in [-0.39, 0.29) is 5.75 Å². The van der Waals surface area contributed by atoms with Gasteiger partial charge in [-0.25, -0.2) is 9.37 Å². The molecule has 2 N–H and O–H groups in total. The smallest absolute Gasteiger partial charge is 0.179 e.